The largest absolute Gasteiger partial charge is 0.396 e. The van der Waals surface area contributed by atoms with E-state index in [1.165, 1.54) is 12.1 Å². The first-order chi connectivity index (χ1) is 8.08. The average Bonchev–Trinajstić information content (AvgIpc) is 2.33. The molecule has 17 heavy (non-hydrogen) atoms. The summed E-state index contributed by atoms with van der Waals surface area (Å²) >= 11 is 0. The Kier molecular flexibility index (Phi) is 3.46. The lowest BCUT2D eigenvalue weighted by atomic mass is 9.79. The van der Waals surface area contributed by atoms with Crippen molar-refractivity contribution in [1.82, 2.24) is 0 Å². The number of Topliss-reactive ketones (excluding diaryl/α,β-unsaturated/α-hetero) is 1. The molecule has 0 saturated heterocycles. The number of carbonyl (C=O) groups excluding carboxylic acids is 1. The molecule has 1 aliphatic rings. The molecule has 0 heterocycles. The van der Waals surface area contributed by atoms with Gasteiger partial charge in [0, 0.05) is 11.5 Å². The number of anilines is 1. The maximum atomic E-state index is 13.3. The summed E-state index contributed by atoms with van der Waals surface area (Å²) in [6.07, 6.45) is 4.03. The van der Waals surface area contributed by atoms with Crippen LogP contribution >= 0.6 is 0 Å². The zero-order valence-corrected chi connectivity index (χ0v) is 10.1. The van der Waals surface area contributed by atoms with E-state index in [0.717, 1.165) is 25.7 Å². The Balaban J connectivity index is 2.11. The fourth-order valence-electron chi connectivity index (χ4n) is 2.44. The summed E-state index contributed by atoms with van der Waals surface area (Å²) in [4.78, 5) is 12.2. The van der Waals surface area contributed by atoms with E-state index in [9.17, 15) is 9.18 Å². The van der Waals surface area contributed by atoms with Gasteiger partial charge >= 0.3 is 0 Å². The highest BCUT2D eigenvalue weighted by Gasteiger charge is 2.25. The van der Waals surface area contributed by atoms with Crippen LogP contribution in [0.5, 0.6) is 0 Å². The number of halogens is 1. The first-order valence-electron chi connectivity index (χ1n) is 6.17. The molecular formula is C14H18FNO. The van der Waals surface area contributed by atoms with Crippen molar-refractivity contribution in [2.45, 2.75) is 32.6 Å². The Hall–Kier alpha value is -1.38. The molecule has 2 rings (SSSR count). The Morgan fingerprint density at radius 3 is 2.53 bits per heavy atom. The molecule has 0 aliphatic heterocycles. The van der Waals surface area contributed by atoms with Crippen LogP contribution in [-0.4, -0.2) is 5.78 Å². The standard InChI is InChI=1S/C14H18FNO/c1-9-2-4-10(5-3-9)14(17)11-6-7-13(16)12(15)8-11/h6-10H,2-5,16H2,1H3. The summed E-state index contributed by atoms with van der Waals surface area (Å²) in [5.74, 6) is 0.340. The molecule has 1 aliphatic carbocycles. The summed E-state index contributed by atoms with van der Waals surface area (Å²) in [7, 11) is 0. The highest BCUT2D eigenvalue weighted by molar-refractivity contribution is 5.98. The lowest BCUT2D eigenvalue weighted by Gasteiger charge is -2.25. The van der Waals surface area contributed by atoms with E-state index < -0.39 is 5.82 Å². The van der Waals surface area contributed by atoms with Gasteiger partial charge in [-0.3, -0.25) is 4.79 Å². The summed E-state index contributed by atoms with van der Waals surface area (Å²) < 4.78 is 13.3. The smallest absolute Gasteiger partial charge is 0.166 e. The van der Waals surface area contributed by atoms with Gasteiger partial charge in [-0.15, -0.1) is 0 Å². The molecule has 1 saturated carbocycles. The van der Waals surface area contributed by atoms with Gasteiger partial charge in [0.2, 0.25) is 0 Å². The highest BCUT2D eigenvalue weighted by atomic mass is 19.1. The van der Waals surface area contributed by atoms with Crippen molar-refractivity contribution >= 4 is 11.5 Å². The molecule has 3 heteroatoms. The van der Waals surface area contributed by atoms with Crippen molar-refractivity contribution < 1.29 is 9.18 Å². The van der Waals surface area contributed by atoms with Crippen LogP contribution in [0.3, 0.4) is 0 Å². The lowest BCUT2D eigenvalue weighted by Crippen LogP contribution is -2.21. The Morgan fingerprint density at radius 1 is 1.29 bits per heavy atom. The predicted molar refractivity (Wildman–Crippen MR) is 66.3 cm³/mol. The van der Waals surface area contributed by atoms with E-state index >= 15 is 0 Å². The number of hydrogen-bond donors (Lipinski definition) is 1. The molecule has 0 unspecified atom stereocenters. The minimum Gasteiger partial charge on any atom is -0.396 e. The number of benzene rings is 1. The normalized spacial score (nSPS) is 24.6. The highest BCUT2D eigenvalue weighted by Crippen LogP contribution is 2.31. The molecule has 0 spiro atoms. The van der Waals surface area contributed by atoms with Crippen molar-refractivity contribution in [2.24, 2.45) is 11.8 Å². The van der Waals surface area contributed by atoms with Crippen LogP contribution in [-0.2, 0) is 0 Å². The molecule has 0 amide bonds. The average molecular weight is 235 g/mol. The number of hydrogen-bond acceptors (Lipinski definition) is 2. The van der Waals surface area contributed by atoms with Gasteiger partial charge < -0.3 is 5.73 Å². The minimum absolute atomic E-state index is 0.0641. The Bertz CT molecular complexity index is 422. The van der Waals surface area contributed by atoms with Crippen LogP contribution < -0.4 is 5.73 Å². The topological polar surface area (TPSA) is 43.1 Å². The Labute approximate surface area is 101 Å². The molecule has 92 valence electrons. The number of rotatable bonds is 2. The Morgan fingerprint density at radius 2 is 1.94 bits per heavy atom. The maximum absolute atomic E-state index is 13.3. The molecule has 1 aromatic rings. The molecule has 0 bridgehead atoms. The van der Waals surface area contributed by atoms with Crippen LogP contribution in [0.1, 0.15) is 43.0 Å². The molecular weight excluding hydrogens is 217 g/mol. The monoisotopic (exact) mass is 235 g/mol. The van der Waals surface area contributed by atoms with Crippen LogP contribution in [0.25, 0.3) is 0 Å². The van der Waals surface area contributed by atoms with E-state index in [0.29, 0.717) is 11.5 Å². The minimum atomic E-state index is -0.500. The predicted octanol–water partition coefficient (Wildman–Crippen LogP) is 3.42. The number of carbonyl (C=O) groups is 1. The maximum Gasteiger partial charge on any atom is 0.166 e. The van der Waals surface area contributed by atoms with Gasteiger partial charge in [-0.05, 0) is 37.0 Å². The summed E-state index contributed by atoms with van der Waals surface area (Å²) in [5.41, 5.74) is 5.95. The number of ketones is 1. The fourth-order valence-corrected chi connectivity index (χ4v) is 2.44. The van der Waals surface area contributed by atoms with Crippen LogP contribution in [0.2, 0.25) is 0 Å². The van der Waals surface area contributed by atoms with Crippen molar-refractivity contribution in [1.29, 1.82) is 0 Å². The summed E-state index contributed by atoms with van der Waals surface area (Å²) in [5, 5.41) is 0. The number of nitrogens with two attached hydrogens (primary N) is 1. The van der Waals surface area contributed by atoms with E-state index in [4.69, 9.17) is 5.73 Å². The second-order valence-corrected chi connectivity index (χ2v) is 5.06. The lowest BCUT2D eigenvalue weighted by molar-refractivity contribution is 0.0875. The third-order valence-corrected chi connectivity index (χ3v) is 3.67. The van der Waals surface area contributed by atoms with Crippen molar-refractivity contribution in [3.05, 3.63) is 29.6 Å². The van der Waals surface area contributed by atoms with Gasteiger partial charge in [0.05, 0.1) is 5.69 Å². The second kappa shape index (κ2) is 4.86. The molecule has 1 aromatic carbocycles. The molecule has 0 aromatic heterocycles. The third kappa shape index (κ3) is 2.65. The van der Waals surface area contributed by atoms with Gasteiger partial charge in [0.1, 0.15) is 5.82 Å². The van der Waals surface area contributed by atoms with Crippen LogP contribution in [0.15, 0.2) is 18.2 Å². The van der Waals surface area contributed by atoms with Gasteiger partial charge in [-0.2, -0.15) is 0 Å². The van der Waals surface area contributed by atoms with E-state index in [1.54, 1.807) is 6.07 Å². The first kappa shape index (κ1) is 12.1. The quantitative estimate of drug-likeness (QED) is 0.630. The van der Waals surface area contributed by atoms with Gasteiger partial charge in [0.15, 0.2) is 5.78 Å². The molecule has 0 radical (unpaired) electrons. The van der Waals surface area contributed by atoms with Gasteiger partial charge in [-0.1, -0.05) is 19.8 Å². The van der Waals surface area contributed by atoms with Crippen molar-refractivity contribution in [2.75, 3.05) is 5.73 Å². The summed E-state index contributed by atoms with van der Waals surface area (Å²) in [6, 6.07) is 4.35. The zero-order valence-electron chi connectivity index (χ0n) is 10.1. The zero-order chi connectivity index (χ0) is 12.4. The molecule has 2 nitrogen and oxygen atoms in total. The second-order valence-electron chi connectivity index (χ2n) is 5.06. The first-order valence-corrected chi connectivity index (χ1v) is 6.17. The molecule has 0 atom stereocenters. The van der Waals surface area contributed by atoms with Crippen LogP contribution in [0.4, 0.5) is 10.1 Å². The fraction of sp³-hybridized carbons (Fsp3) is 0.500. The van der Waals surface area contributed by atoms with Gasteiger partial charge in [-0.25, -0.2) is 4.39 Å². The van der Waals surface area contributed by atoms with Gasteiger partial charge in [0.25, 0.3) is 0 Å². The number of nitrogen functional groups attached to an aromatic ring is 1. The SMILES string of the molecule is CC1CCC(C(=O)c2ccc(N)c(F)c2)CC1. The third-order valence-electron chi connectivity index (χ3n) is 3.67. The molecule has 1 fully saturated rings. The molecule has 2 N–H and O–H groups in total. The van der Waals surface area contributed by atoms with Crippen molar-refractivity contribution in [3.8, 4) is 0 Å². The van der Waals surface area contributed by atoms with Crippen molar-refractivity contribution in [3.63, 3.8) is 0 Å². The van der Waals surface area contributed by atoms with E-state index in [1.807, 2.05) is 0 Å². The van der Waals surface area contributed by atoms with E-state index in [-0.39, 0.29) is 17.4 Å². The van der Waals surface area contributed by atoms with Crippen LogP contribution in [0, 0.1) is 17.7 Å². The van der Waals surface area contributed by atoms with E-state index in [2.05, 4.69) is 6.92 Å². The summed E-state index contributed by atoms with van der Waals surface area (Å²) in [6.45, 7) is 2.21.